The van der Waals surface area contributed by atoms with Crippen molar-refractivity contribution in [1.29, 1.82) is 0 Å². The van der Waals surface area contributed by atoms with Gasteiger partial charge in [0.25, 0.3) is 11.6 Å². The lowest BCUT2D eigenvalue weighted by Crippen LogP contribution is -2.16. The smallest absolute Gasteiger partial charge is 0.378 e. The Labute approximate surface area is 133 Å². The Morgan fingerprint density at radius 1 is 1.25 bits per heavy atom. The van der Waals surface area contributed by atoms with Gasteiger partial charge in [0, 0.05) is 11.9 Å². The number of rotatable bonds is 4. The van der Waals surface area contributed by atoms with Gasteiger partial charge in [-0.3, -0.25) is 4.79 Å². The van der Waals surface area contributed by atoms with E-state index in [-0.39, 0.29) is 11.6 Å². The Balaban J connectivity index is 1.73. The highest BCUT2D eigenvalue weighted by Gasteiger charge is 2.19. The Bertz CT molecular complexity index is 955. The summed E-state index contributed by atoms with van der Waals surface area (Å²) in [5, 5.41) is 3.92. The van der Waals surface area contributed by atoms with Crippen LogP contribution < -0.4 is 0 Å². The van der Waals surface area contributed by atoms with E-state index in [4.69, 9.17) is 4.74 Å². The first-order valence-electron chi connectivity index (χ1n) is 6.79. The van der Waals surface area contributed by atoms with Crippen LogP contribution >= 0.6 is 0 Å². The van der Waals surface area contributed by atoms with Crippen molar-refractivity contribution in [2.45, 2.75) is 6.92 Å². The second-order valence-electron chi connectivity index (χ2n) is 4.86. The molecule has 3 rings (SSSR count). The first-order valence-corrected chi connectivity index (χ1v) is 6.79. The topological polar surface area (TPSA) is 86.5 Å². The second-order valence-corrected chi connectivity index (χ2v) is 4.86. The quantitative estimate of drug-likeness (QED) is 0.534. The maximum absolute atomic E-state index is 13.5. The van der Waals surface area contributed by atoms with Gasteiger partial charge in [-0.1, -0.05) is 0 Å². The van der Waals surface area contributed by atoms with Gasteiger partial charge in [-0.2, -0.15) is 4.98 Å². The van der Waals surface area contributed by atoms with Crippen LogP contribution in [0.25, 0.3) is 5.78 Å². The zero-order chi connectivity index (χ0) is 17.3. The van der Waals surface area contributed by atoms with Crippen molar-refractivity contribution in [3.63, 3.8) is 0 Å². The molecule has 0 N–H and O–H groups in total. The van der Waals surface area contributed by atoms with E-state index in [2.05, 4.69) is 15.1 Å². The van der Waals surface area contributed by atoms with Gasteiger partial charge in [0.2, 0.25) is 5.78 Å². The number of Topliss-reactive ketones (excluding diaryl/α,β-unsaturated/α-hetero) is 1. The summed E-state index contributed by atoms with van der Waals surface area (Å²) in [7, 11) is 0. The molecule has 0 unspecified atom stereocenters. The van der Waals surface area contributed by atoms with Crippen LogP contribution in [0.2, 0.25) is 0 Å². The molecule has 0 radical (unpaired) electrons. The third-order valence-corrected chi connectivity index (χ3v) is 3.18. The standard InChI is InChI=1S/C15H10F2N4O3/c1-8-4-5-18-15-19-13(20-21(8)15)14(23)24-7-12(22)10-6-9(16)2-3-11(10)17/h2-6H,7H2,1H3. The molecule has 0 bridgehead atoms. The summed E-state index contributed by atoms with van der Waals surface area (Å²) in [6.45, 7) is 0.982. The number of esters is 1. The number of fused-ring (bicyclic) bond motifs is 1. The van der Waals surface area contributed by atoms with E-state index in [1.165, 1.54) is 10.7 Å². The molecule has 0 spiro atoms. The molecule has 0 aliphatic rings. The molecule has 0 amide bonds. The molecular formula is C15H10F2N4O3. The zero-order valence-electron chi connectivity index (χ0n) is 12.4. The number of benzene rings is 1. The van der Waals surface area contributed by atoms with E-state index >= 15 is 0 Å². The summed E-state index contributed by atoms with van der Waals surface area (Å²) in [5.41, 5.74) is 0.202. The number of carbonyl (C=O) groups excluding carboxylic acids is 2. The number of aryl methyl sites for hydroxylation is 1. The van der Waals surface area contributed by atoms with E-state index in [9.17, 15) is 18.4 Å². The molecule has 1 aromatic carbocycles. The number of hydrogen-bond donors (Lipinski definition) is 0. The molecule has 0 aliphatic heterocycles. The average molecular weight is 332 g/mol. The lowest BCUT2D eigenvalue weighted by Gasteiger charge is -2.03. The molecule has 9 heteroatoms. The highest BCUT2D eigenvalue weighted by Crippen LogP contribution is 2.11. The van der Waals surface area contributed by atoms with Gasteiger partial charge < -0.3 is 4.74 Å². The molecule has 122 valence electrons. The fourth-order valence-corrected chi connectivity index (χ4v) is 1.98. The van der Waals surface area contributed by atoms with Crippen LogP contribution in [0.4, 0.5) is 8.78 Å². The predicted molar refractivity (Wildman–Crippen MR) is 76.5 cm³/mol. The van der Waals surface area contributed by atoms with Crippen LogP contribution in [0.3, 0.4) is 0 Å². The Morgan fingerprint density at radius 2 is 2.04 bits per heavy atom. The third kappa shape index (κ3) is 2.96. The molecule has 7 nitrogen and oxygen atoms in total. The number of carbonyl (C=O) groups is 2. The second kappa shape index (κ2) is 6.11. The number of ether oxygens (including phenoxy) is 1. The molecule has 2 heterocycles. The van der Waals surface area contributed by atoms with Crippen molar-refractivity contribution in [3.8, 4) is 0 Å². The predicted octanol–water partition coefficient (Wildman–Crippen LogP) is 1.75. The maximum Gasteiger partial charge on any atom is 0.378 e. The van der Waals surface area contributed by atoms with E-state index in [0.717, 1.165) is 18.2 Å². The molecule has 0 aliphatic carbocycles. The maximum atomic E-state index is 13.5. The van der Waals surface area contributed by atoms with Crippen LogP contribution in [0.5, 0.6) is 0 Å². The average Bonchev–Trinajstić information content (AvgIpc) is 3.00. The molecule has 0 saturated heterocycles. The molecule has 0 saturated carbocycles. The van der Waals surface area contributed by atoms with Crippen molar-refractivity contribution in [2.24, 2.45) is 0 Å². The van der Waals surface area contributed by atoms with Crippen molar-refractivity contribution in [3.05, 3.63) is 59.2 Å². The van der Waals surface area contributed by atoms with E-state index in [1.807, 2.05) is 0 Å². The summed E-state index contributed by atoms with van der Waals surface area (Å²) in [6, 6.07) is 4.12. The summed E-state index contributed by atoms with van der Waals surface area (Å²) in [4.78, 5) is 31.6. The Hall–Kier alpha value is -3.23. The van der Waals surface area contributed by atoms with Crippen LogP contribution in [-0.4, -0.2) is 37.9 Å². The number of ketones is 1. The summed E-state index contributed by atoms with van der Waals surface area (Å²) >= 11 is 0. The van der Waals surface area contributed by atoms with Gasteiger partial charge in [0.05, 0.1) is 5.56 Å². The third-order valence-electron chi connectivity index (χ3n) is 3.18. The minimum Gasteiger partial charge on any atom is -0.451 e. The Morgan fingerprint density at radius 3 is 2.79 bits per heavy atom. The highest BCUT2D eigenvalue weighted by atomic mass is 19.1. The fourth-order valence-electron chi connectivity index (χ4n) is 1.98. The molecule has 0 atom stereocenters. The lowest BCUT2D eigenvalue weighted by molar-refractivity contribution is 0.0461. The number of hydrogen-bond acceptors (Lipinski definition) is 6. The Kier molecular flexibility index (Phi) is 3.98. The first kappa shape index (κ1) is 15.7. The van der Waals surface area contributed by atoms with E-state index < -0.39 is 35.6 Å². The summed E-state index contributed by atoms with van der Waals surface area (Å²) in [5.74, 6) is -3.60. The van der Waals surface area contributed by atoms with Gasteiger partial charge in [-0.25, -0.2) is 23.1 Å². The molecule has 2 aromatic heterocycles. The number of aromatic nitrogens is 4. The lowest BCUT2D eigenvalue weighted by atomic mass is 10.1. The van der Waals surface area contributed by atoms with E-state index in [1.54, 1.807) is 13.0 Å². The van der Waals surface area contributed by atoms with Crippen LogP contribution in [-0.2, 0) is 4.74 Å². The van der Waals surface area contributed by atoms with Gasteiger partial charge in [0.1, 0.15) is 11.6 Å². The van der Waals surface area contributed by atoms with Crippen molar-refractivity contribution < 1.29 is 23.1 Å². The van der Waals surface area contributed by atoms with Crippen LogP contribution in [0.1, 0.15) is 26.7 Å². The van der Waals surface area contributed by atoms with Gasteiger partial charge >= 0.3 is 5.97 Å². The largest absolute Gasteiger partial charge is 0.451 e. The van der Waals surface area contributed by atoms with Crippen molar-refractivity contribution in [2.75, 3.05) is 6.61 Å². The number of nitrogens with zero attached hydrogens (tertiary/aromatic N) is 4. The van der Waals surface area contributed by atoms with Crippen LogP contribution in [0.15, 0.2) is 30.5 Å². The summed E-state index contributed by atoms with van der Waals surface area (Å²) < 4.78 is 32.7. The SMILES string of the molecule is Cc1ccnc2nc(C(=O)OCC(=O)c3cc(F)ccc3F)nn12. The zero-order valence-corrected chi connectivity index (χ0v) is 12.4. The van der Waals surface area contributed by atoms with Gasteiger partial charge in [-0.15, -0.1) is 5.10 Å². The highest BCUT2D eigenvalue weighted by molar-refractivity contribution is 5.99. The molecule has 0 fully saturated rings. The van der Waals surface area contributed by atoms with Crippen LogP contribution in [0, 0.1) is 18.6 Å². The monoisotopic (exact) mass is 332 g/mol. The molecular weight excluding hydrogens is 322 g/mol. The van der Waals surface area contributed by atoms with Gasteiger partial charge in [-0.05, 0) is 31.2 Å². The van der Waals surface area contributed by atoms with Gasteiger partial charge in [0.15, 0.2) is 6.61 Å². The van der Waals surface area contributed by atoms with E-state index in [0.29, 0.717) is 5.69 Å². The van der Waals surface area contributed by atoms with Crippen molar-refractivity contribution >= 4 is 17.5 Å². The first-order chi connectivity index (χ1) is 11.5. The minimum absolute atomic E-state index is 0.199. The normalized spacial score (nSPS) is 10.8. The minimum atomic E-state index is -0.968. The fraction of sp³-hybridized carbons (Fsp3) is 0.133. The molecule has 24 heavy (non-hydrogen) atoms. The summed E-state index contributed by atoms with van der Waals surface area (Å²) in [6.07, 6.45) is 1.50. The molecule has 3 aromatic rings. The number of halogens is 2. The van der Waals surface area contributed by atoms with Crippen molar-refractivity contribution in [1.82, 2.24) is 19.6 Å².